The number of aromatic nitrogens is 1. The number of carbonyl (C=O) groups is 1. The second-order valence-corrected chi connectivity index (χ2v) is 5.11. The van der Waals surface area contributed by atoms with Gasteiger partial charge in [0.2, 0.25) is 5.91 Å². The number of hydrogen-bond acceptors (Lipinski definition) is 4. The van der Waals surface area contributed by atoms with Gasteiger partial charge in [-0.2, -0.15) is 0 Å². The Kier molecular flexibility index (Phi) is 3.28. The van der Waals surface area contributed by atoms with Crippen molar-refractivity contribution in [1.29, 1.82) is 0 Å². The summed E-state index contributed by atoms with van der Waals surface area (Å²) in [6.45, 7) is 2.32. The molecule has 0 spiro atoms. The molecule has 0 aliphatic rings. The summed E-state index contributed by atoms with van der Waals surface area (Å²) in [6, 6.07) is 6.10. The Morgan fingerprint density at radius 3 is 2.88 bits per heavy atom. The summed E-state index contributed by atoms with van der Waals surface area (Å²) in [5.41, 5.74) is 2.17. The third kappa shape index (κ3) is 2.55. The summed E-state index contributed by atoms with van der Waals surface area (Å²) in [6.07, 6.45) is 0. The standard InChI is InChI=1S/C12H15N3OS/c1-8-5-4-6-9-11(8)14-12(17-9)13-7-10(16)15(2)3/h4-6H,7H2,1-3H3,(H,13,14). The van der Waals surface area contributed by atoms with Gasteiger partial charge in [0.05, 0.1) is 16.8 Å². The van der Waals surface area contributed by atoms with Crippen molar-refractivity contribution in [3.63, 3.8) is 0 Å². The second-order valence-electron chi connectivity index (χ2n) is 4.08. The van der Waals surface area contributed by atoms with Crippen molar-refractivity contribution < 1.29 is 4.79 Å². The number of aryl methyl sites for hydroxylation is 1. The molecule has 1 heterocycles. The lowest BCUT2D eigenvalue weighted by molar-refractivity contribution is -0.126. The molecule has 1 aromatic heterocycles. The molecule has 0 unspecified atom stereocenters. The molecule has 1 aromatic carbocycles. The van der Waals surface area contributed by atoms with Gasteiger partial charge in [-0.15, -0.1) is 0 Å². The maximum Gasteiger partial charge on any atom is 0.241 e. The van der Waals surface area contributed by atoms with Crippen molar-refractivity contribution in [2.24, 2.45) is 0 Å². The Morgan fingerprint density at radius 2 is 2.24 bits per heavy atom. The highest BCUT2D eigenvalue weighted by Gasteiger charge is 2.08. The Morgan fingerprint density at radius 1 is 1.47 bits per heavy atom. The summed E-state index contributed by atoms with van der Waals surface area (Å²) in [7, 11) is 3.49. The molecular formula is C12H15N3OS. The van der Waals surface area contributed by atoms with Gasteiger partial charge in [0, 0.05) is 14.1 Å². The summed E-state index contributed by atoms with van der Waals surface area (Å²) in [5, 5.41) is 3.85. The average Bonchev–Trinajstić information content (AvgIpc) is 2.70. The maximum absolute atomic E-state index is 11.4. The first kappa shape index (κ1) is 11.9. The Labute approximate surface area is 104 Å². The highest BCUT2D eigenvalue weighted by atomic mass is 32.1. The number of anilines is 1. The zero-order valence-electron chi connectivity index (χ0n) is 10.2. The predicted octanol–water partition coefficient (Wildman–Crippen LogP) is 2.10. The Bertz CT molecular complexity index is 548. The van der Waals surface area contributed by atoms with Crippen molar-refractivity contribution >= 4 is 32.6 Å². The average molecular weight is 249 g/mol. The summed E-state index contributed by atoms with van der Waals surface area (Å²) in [4.78, 5) is 17.5. The molecular weight excluding hydrogens is 234 g/mol. The lowest BCUT2D eigenvalue weighted by atomic mass is 10.2. The van der Waals surface area contributed by atoms with E-state index in [1.807, 2.05) is 25.1 Å². The van der Waals surface area contributed by atoms with Crippen molar-refractivity contribution in [2.45, 2.75) is 6.92 Å². The van der Waals surface area contributed by atoms with Crippen LogP contribution in [-0.4, -0.2) is 36.4 Å². The van der Waals surface area contributed by atoms with Gasteiger partial charge in [-0.25, -0.2) is 4.98 Å². The SMILES string of the molecule is Cc1cccc2sc(NCC(=O)N(C)C)nc12. The number of hydrogen-bond donors (Lipinski definition) is 1. The molecule has 0 radical (unpaired) electrons. The molecule has 2 aromatic rings. The second kappa shape index (κ2) is 4.71. The Balaban J connectivity index is 2.15. The molecule has 1 amide bonds. The molecule has 0 saturated heterocycles. The largest absolute Gasteiger partial charge is 0.352 e. The molecule has 0 bridgehead atoms. The van der Waals surface area contributed by atoms with E-state index in [1.54, 1.807) is 30.3 Å². The first-order valence-corrected chi connectivity index (χ1v) is 6.20. The fraction of sp³-hybridized carbons (Fsp3) is 0.333. The highest BCUT2D eigenvalue weighted by Crippen LogP contribution is 2.27. The minimum atomic E-state index is 0.0426. The highest BCUT2D eigenvalue weighted by molar-refractivity contribution is 7.22. The van der Waals surface area contributed by atoms with Gasteiger partial charge in [0.15, 0.2) is 5.13 Å². The van der Waals surface area contributed by atoms with Crippen molar-refractivity contribution in [1.82, 2.24) is 9.88 Å². The third-order valence-corrected chi connectivity index (χ3v) is 3.49. The summed E-state index contributed by atoms with van der Waals surface area (Å²) < 4.78 is 1.14. The maximum atomic E-state index is 11.4. The van der Waals surface area contributed by atoms with E-state index in [1.165, 1.54) is 0 Å². The number of thiazole rings is 1. The number of fused-ring (bicyclic) bond motifs is 1. The number of nitrogens with one attached hydrogen (secondary N) is 1. The minimum absolute atomic E-state index is 0.0426. The molecule has 0 aliphatic carbocycles. The van der Waals surface area contributed by atoms with Gasteiger partial charge in [0.1, 0.15) is 0 Å². The summed E-state index contributed by atoms with van der Waals surface area (Å²) in [5.74, 6) is 0.0426. The number of para-hydroxylation sites is 1. The topological polar surface area (TPSA) is 45.2 Å². The van der Waals surface area contributed by atoms with E-state index in [2.05, 4.69) is 10.3 Å². The number of benzene rings is 1. The van der Waals surface area contributed by atoms with Crippen molar-refractivity contribution in [3.05, 3.63) is 23.8 Å². The third-order valence-electron chi connectivity index (χ3n) is 2.51. The van der Waals surface area contributed by atoms with Crippen LogP contribution >= 0.6 is 11.3 Å². The van der Waals surface area contributed by atoms with Crippen LogP contribution in [-0.2, 0) is 4.79 Å². The van der Waals surface area contributed by atoms with Gasteiger partial charge in [-0.05, 0) is 18.6 Å². The molecule has 0 saturated carbocycles. The number of nitrogens with zero attached hydrogens (tertiary/aromatic N) is 2. The van der Waals surface area contributed by atoms with E-state index in [0.29, 0.717) is 0 Å². The van der Waals surface area contributed by atoms with Gasteiger partial charge in [-0.3, -0.25) is 4.79 Å². The first-order valence-electron chi connectivity index (χ1n) is 5.38. The van der Waals surface area contributed by atoms with Crippen LogP contribution in [0.15, 0.2) is 18.2 Å². The number of amides is 1. The molecule has 5 heteroatoms. The zero-order chi connectivity index (χ0) is 12.4. The molecule has 0 atom stereocenters. The van der Waals surface area contributed by atoms with Crippen LogP contribution in [0.2, 0.25) is 0 Å². The number of carbonyl (C=O) groups excluding carboxylic acids is 1. The van der Waals surface area contributed by atoms with E-state index in [4.69, 9.17) is 0 Å². The summed E-state index contributed by atoms with van der Waals surface area (Å²) >= 11 is 1.57. The minimum Gasteiger partial charge on any atom is -0.352 e. The van der Waals surface area contributed by atoms with Crippen molar-refractivity contribution in [3.8, 4) is 0 Å². The molecule has 90 valence electrons. The normalized spacial score (nSPS) is 10.5. The molecule has 2 rings (SSSR count). The quantitative estimate of drug-likeness (QED) is 0.906. The van der Waals surface area contributed by atoms with E-state index in [9.17, 15) is 4.79 Å². The van der Waals surface area contributed by atoms with Crippen molar-refractivity contribution in [2.75, 3.05) is 26.0 Å². The van der Waals surface area contributed by atoms with Gasteiger partial charge in [0.25, 0.3) is 0 Å². The van der Waals surface area contributed by atoms with Crippen LogP contribution < -0.4 is 5.32 Å². The molecule has 17 heavy (non-hydrogen) atoms. The monoisotopic (exact) mass is 249 g/mol. The fourth-order valence-corrected chi connectivity index (χ4v) is 2.41. The van der Waals surface area contributed by atoms with Crippen LogP contribution in [0.3, 0.4) is 0 Å². The molecule has 4 nitrogen and oxygen atoms in total. The molecule has 0 fully saturated rings. The Hall–Kier alpha value is -1.62. The smallest absolute Gasteiger partial charge is 0.241 e. The molecule has 0 aliphatic heterocycles. The van der Waals surface area contributed by atoms with Gasteiger partial charge < -0.3 is 10.2 Å². The lowest BCUT2D eigenvalue weighted by Crippen LogP contribution is -2.28. The lowest BCUT2D eigenvalue weighted by Gasteiger charge is -2.09. The number of rotatable bonds is 3. The first-order chi connectivity index (χ1) is 8.08. The zero-order valence-corrected chi connectivity index (χ0v) is 11.0. The van der Waals surface area contributed by atoms with Gasteiger partial charge in [-0.1, -0.05) is 23.5 Å². The van der Waals surface area contributed by atoms with E-state index in [-0.39, 0.29) is 12.5 Å². The van der Waals surface area contributed by atoms with E-state index < -0.39 is 0 Å². The predicted molar refractivity (Wildman–Crippen MR) is 71.5 cm³/mol. The van der Waals surface area contributed by atoms with Crippen LogP contribution in [0.1, 0.15) is 5.56 Å². The fourth-order valence-electron chi connectivity index (χ4n) is 1.47. The van der Waals surface area contributed by atoms with Crippen LogP contribution in [0.5, 0.6) is 0 Å². The van der Waals surface area contributed by atoms with E-state index in [0.717, 1.165) is 20.9 Å². The van der Waals surface area contributed by atoms with E-state index >= 15 is 0 Å². The van der Waals surface area contributed by atoms with Gasteiger partial charge >= 0.3 is 0 Å². The van der Waals surface area contributed by atoms with Crippen LogP contribution in [0.25, 0.3) is 10.2 Å². The number of likely N-dealkylation sites (N-methyl/N-ethyl adjacent to an activating group) is 1. The van der Waals surface area contributed by atoms with Crippen LogP contribution in [0.4, 0.5) is 5.13 Å². The molecule has 1 N–H and O–H groups in total. The van der Waals surface area contributed by atoms with Crippen LogP contribution in [0, 0.1) is 6.92 Å².